The van der Waals surface area contributed by atoms with Gasteiger partial charge in [-0.15, -0.1) is 34.0 Å². The number of nitrogens with two attached hydrogens (primary N) is 2. The number of rotatable bonds is 38. The van der Waals surface area contributed by atoms with E-state index in [1.54, 1.807) is 34.0 Å². The number of thiazole rings is 3. The van der Waals surface area contributed by atoms with E-state index in [1.807, 2.05) is 186 Å². The molecule has 32 nitrogen and oxygen atoms in total. The van der Waals surface area contributed by atoms with Gasteiger partial charge in [0.05, 0.1) is 119 Å². The second-order valence-corrected chi connectivity index (χ2v) is 35.6. The lowest BCUT2D eigenvalue weighted by Crippen LogP contribution is -2.58. The van der Waals surface area contributed by atoms with Crippen molar-refractivity contribution < 1.29 is 92.0 Å². The molecule has 668 valence electrons. The van der Waals surface area contributed by atoms with Crippen molar-refractivity contribution in [1.82, 2.24) is 56.2 Å². The fourth-order valence-electron chi connectivity index (χ4n) is 13.0. The largest absolute Gasteiger partial charge is 0.480 e. The molecule has 3 aromatic heterocycles. The molecule has 3 fully saturated rings. The van der Waals surface area contributed by atoms with Gasteiger partial charge in [0.1, 0.15) is 50.0 Å². The van der Waals surface area contributed by atoms with Gasteiger partial charge in [-0.05, 0) is 83.2 Å². The summed E-state index contributed by atoms with van der Waals surface area (Å²) in [6.07, 6.45) is -0.0409. The molecule has 0 saturated carbocycles. The average Bonchev–Trinajstić information content (AvgIpc) is 1.69. The van der Waals surface area contributed by atoms with Crippen molar-refractivity contribution in [3.05, 3.63) is 123 Å². The third-order valence-corrected chi connectivity index (χ3v) is 22.6. The number of ether oxygens (including phenoxy) is 6. The highest BCUT2D eigenvalue weighted by Crippen LogP contribution is 2.33. The summed E-state index contributed by atoms with van der Waals surface area (Å²) in [5.41, 5.74) is 24.2. The number of hydrogen-bond acceptors (Lipinski definition) is 26. The van der Waals surface area contributed by atoms with Crippen LogP contribution in [0.3, 0.4) is 0 Å². The van der Waals surface area contributed by atoms with Gasteiger partial charge in [-0.25, -0.2) is 19.7 Å². The van der Waals surface area contributed by atoms with Crippen LogP contribution in [0.15, 0.2) is 89.3 Å². The molecule has 0 unspecified atom stereocenters. The summed E-state index contributed by atoms with van der Waals surface area (Å²) in [5, 5.41) is 53.2. The highest BCUT2D eigenvalue weighted by Gasteiger charge is 2.47. The zero-order chi connectivity index (χ0) is 89.2. The van der Waals surface area contributed by atoms with E-state index >= 15 is 0 Å². The van der Waals surface area contributed by atoms with Gasteiger partial charge in [0.2, 0.25) is 47.3 Å². The van der Waals surface area contributed by atoms with Gasteiger partial charge in [-0.2, -0.15) is 0 Å². The fourth-order valence-corrected chi connectivity index (χ4v) is 15.4. The van der Waals surface area contributed by atoms with Crippen molar-refractivity contribution in [2.24, 2.45) is 27.7 Å². The van der Waals surface area contributed by atoms with Crippen molar-refractivity contribution >= 4 is 87.2 Å². The van der Waals surface area contributed by atoms with Crippen LogP contribution in [-0.2, 0) is 91.2 Å². The molecule has 6 heterocycles. The van der Waals surface area contributed by atoms with Gasteiger partial charge in [0, 0.05) is 78.3 Å². The van der Waals surface area contributed by atoms with Crippen molar-refractivity contribution in [2.45, 2.75) is 203 Å². The number of amides is 8. The lowest BCUT2D eigenvalue weighted by atomic mass is 9.85. The zero-order valence-electron chi connectivity index (χ0n) is 72.3. The number of aryl methyl sites for hydroxylation is 3. The lowest BCUT2D eigenvalue weighted by Gasteiger charge is -2.35. The molecule has 121 heavy (non-hydrogen) atoms. The first-order valence-electron chi connectivity index (χ1n) is 40.9. The molecule has 0 aliphatic carbocycles. The third-order valence-electron chi connectivity index (χ3n) is 19.7. The third kappa shape index (κ3) is 33.2. The van der Waals surface area contributed by atoms with Crippen LogP contribution in [0.5, 0.6) is 0 Å². The molecule has 3 aromatic carbocycles. The van der Waals surface area contributed by atoms with E-state index in [-0.39, 0.29) is 109 Å². The number of nitrogens with one attached hydrogen (secondary N) is 5. The van der Waals surface area contributed by atoms with Crippen LogP contribution in [0.25, 0.3) is 31.3 Å². The van der Waals surface area contributed by atoms with Crippen LogP contribution < -0.4 is 38.1 Å². The number of carboxylic acid groups (broad SMARTS) is 1. The molecule has 9 atom stereocenters. The Hall–Kier alpha value is -8.66. The number of hydrogen-bond donors (Lipinski definition) is 11. The van der Waals surface area contributed by atoms with Crippen LogP contribution >= 0.6 is 34.0 Å². The lowest BCUT2D eigenvalue weighted by molar-refractivity contribution is -0.144. The standard InChI is InChI=1S/C29H42N4O6S.C28H41N5O6S.C22H30N4O3S.C7H14O4/c1-6-11-38-12-13-39-17-24(35)32-26(29(3,4)5)28(37)33-16-22(34)14-23(33)27(36)30-15-20-7-9-21(10-8-20)25-19(2)31-18-40-25;1-18-24(40-17-31-18)20-7-5-19(6-8-20)14-30-26(36)22-13-21(34)15-33(22)27(37)25(28(2,3)4)32-23(35)16-39-12-11-38-10-9-29;1-13-18(30-12-25-13)15-7-5-14(6-8-15)10-24-20(28)17-9-16(27)11-26(17)21(29)19(23)22(2,3)4;1-2-3-10-4-5-11-6-7(8)9/h7-10,18,22-23,26,34H,6,11-17H2,1-5H3,(H,30,36)(H,32,35);5-8,17,21-22,25,34H,9-16,29H2,1-4H3,(H,30,36)(H,32,35);5-8,12,16-17,19,27H,9-11,23H2,1-4H3,(H,24,28);2-6H2,1H3,(H,8,9)/t22-,23+,26-;21-,22+,25-;16-,17+,19-;/m111./s1. The Morgan fingerprint density at radius 1 is 0.438 bits per heavy atom. The van der Waals surface area contributed by atoms with Crippen LogP contribution in [-0.4, -0.2) is 263 Å². The molecule has 3 aliphatic rings. The molecule has 0 spiro atoms. The van der Waals surface area contributed by atoms with E-state index in [2.05, 4.69) is 41.5 Å². The number of nitrogens with zero attached hydrogens (tertiary/aromatic N) is 6. The maximum atomic E-state index is 13.6. The SMILES string of the molecule is CCCOCCOCC(=O)N[C@H](C(=O)N1C[C@H](O)C[C@H]1C(=O)NCc1ccc(-c2scnc2C)cc1)C(C)(C)C.CCCOCCOCC(=O)O.Cc1ncsc1-c1ccc(CNC(=O)[C@@H]2C[C@@H](O)CN2C(=O)[C@@H](N)C(C)(C)C)cc1.Cc1ncsc1-c1ccc(CNC(=O)[C@@H]2C[C@@H](O)CN2C(=O)[C@@H](NC(=O)COCCOCCN)C(C)(C)C)cc1. The Morgan fingerprint density at radius 2 is 0.727 bits per heavy atom. The smallest absolute Gasteiger partial charge is 0.329 e. The first-order valence-corrected chi connectivity index (χ1v) is 43.5. The predicted octanol–water partition coefficient (Wildman–Crippen LogP) is 6.47. The fraction of sp³-hybridized carbons (Fsp3) is 0.581. The maximum absolute atomic E-state index is 13.6. The molecule has 9 rings (SSSR count). The van der Waals surface area contributed by atoms with Gasteiger partial charge >= 0.3 is 5.97 Å². The Labute approximate surface area is 722 Å². The molecular weight excluding hydrogens is 1620 g/mol. The summed E-state index contributed by atoms with van der Waals surface area (Å²) < 4.78 is 31.0. The van der Waals surface area contributed by atoms with Gasteiger partial charge in [0.25, 0.3) is 0 Å². The van der Waals surface area contributed by atoms with Crippen molar-refractivity contribution in [2.75, 3.05) is 105 Å². The minimum atomic E-state index is -0.944. The topological polar surface area (TPSA) is 451 Å². The number of benzene rings is 3. The summed E-state index contributed by atoms with van der Waals surface area (Å²) in [7, 11) is 0. The minimum absolute atomic E-state index is 0.0112. The highest BCUT2D eigenvalue weighted by atomic mass is 32.1. The van der Waals surface area contributed by atoms with E-state index < -0.39 is 100 Å². The number of likely N-dealkylation sites (tertiary alicyclic amines) is 3. The van der Waals surface area contributed by atoms with Crippen LogP contribution in [0.2, 0.25) is 0 Å². The molecule has 35 heteroatoms. The average molecular weight is 1740 g/mol. The van der Waals surface area contributed by atoms with Gasteiger partial charge in [-0.3, -0.25) is 38.4 Å². The van der Waals surface area contributed by atoms with Crippen LogP contribution in [0, 0.1) is 37.0 Å². The molecule has 3 aliphatic heterocycles. The Bertz CT molecular complexity index is 4040. The monoisotopic (exact) mass is 1740 g/mol. The summed E-state index contributed by atoms with van der Waals surface area (Å²) in [5.74, 6) is -3.94. The Balaban J connectivity index is 0.000000266. The Morgan fingerprint density at radius 3 is 0.992 bits per heavy atom. The summed E-state index contributed by atoms with van der Waals surface area (Å²) in [4.78, 5) is 135. The molecule has 3 saturated heterocycles. The van der Waals surface area contributed by atoms with Crippen molar-refractivity contribution in [3.63, 3.8) is 0 Å². The summed E-state index contributed by atoms with van der Waals surface area (Å²) in [6, 6.07) is 18.8. The number of aliphatic hydroxyl groups excluding tert-OH is 3. The first kappa shape index (κ1) is 101. The molecule has 13 N–H and O–H groups in total. The van der Waals surface area contributed by atoms with Crippen molar-refractivity contribution in [3.8, 4) is 31.3 Å². The van der Waals surface area contributed by atoms with Gasteiger partial charge in [0.15, 0.2) is 0 Å². The number of carbonyl (C=O) groups is 9. The van der Waals surface area contributed by atoms with E-state index in [0.717, 1.165) is 77.9 Å². The maximum Gasteiger partial charge on any atom is 0.329 e. The van der Waals surface area contributed by atoms with Crippen molar-refractivity contribution in [1.29, 1.82) is 0 Å². The molecule has 8 amide bonds. The molecule has 6 aromatic rings. The van der Waals surface area contributed by atoms with E-state index in [4.69, 9.17) is 45.0 Å². The number of aromatic nitrogens is 3. The van der Waals surface area contributed by atoms with Crippen LogP contribution in [0.4, 0.5) is 0 Å². The van der Waals surface area contributed by atoms with Gasteiger partial charge in [-0.1, -0.05) is 149 Å². The predicted molar refractivity (Wildman–Crippen MR) is 463 cm³/mol. The second-order valence-electron chi connectivity index (χ2n) is 33.0. The summed E-state index contributed by atoms with van der Waals surface area (Å²) in [6.45, 7) is 31.2. The molecule has 0 radical (unpaired) electrons. The van der Waals surface area contributed by atoms with Crippen LogP contribution in [0.1, 0.15) is 142 Å². The minimum Gasteiger partial charge on any atom is -0.480 e. The number of aliphatic carboxylic acids is 1. The highest BCUT2D eigenvalue weighted by molar-refractivity contribution is 7.14. The summed E-state index contributed by atoms with van der Waals surface area (Å²) >= 11 is 4.76. The number of carboxylic acids is 1. The van der Waals surface area contributed by atoms with E-state index in [9.17, 15) is 58.5 Å². The first-order chi connectivity index (χ1) is 57.4. The quantitative estimate of drug-likeness (QED) is 0.0185. The van der Waals surface area contributed by atoms with E-state index in [1.165, 1.54) is 14.7 Å². The van der Waals surface area contributed by atoms with E-state index in [0.29, 0.717) is 59.3 Å². The normalized spacial score (nSPS) is 17.8. The Kier molecular flexibility index (Phi) is 42.0. The number of β-amino-alcohol motifs (C(OH)–C–C–N with tert-alkyl or cyclic N) is 3. The molecule has 0 bridgehead atoms. The number of aliphatic hydroxyl groups is 3. The number of carbonyl (C=O) groups excluding carboxylic acids is 8. The molecular formula is C86H127N13O19S3. The van der Waals surface area contributed by atoms with Gasteiger partial charge < -0.3 is 102 Å². The zero-order valence-corrected chi connectivity index (χ0v) is 74.8. The second kappa shape index (κ2) is 50.2.